The topological polar surface area (TPSA) is 55.4 Å². The number of rotatable bonds is 21. The first-order valence-corrected chi connectivity index (χ1v) is 9.55. The van der Waals surface area contributed by atoms with E-state index in [4.69, 9.17) is 28.4 Å². The minimum absolute atomic E-state index is 0.668. The predicted molar refractivity (Wildman–Crippen MR) is 102 cm³/mol. The maximum atomic E-state index is 5.56. The van der Waals surface area contributed by atoms with Crippen LogP contribution in [0.15, 0.2) is 0 Å². The smallest absolute Gasteiger partial charge is 0.140 e. The summed E-state index contributed by atoms with van der Waals surface area (Å²) >= 11 is 0. The number of hydrogen-bond donors (Lipinski definition) is 0. The van der Waals surface area contributed by atoms with Crippen molar-refractivity contribution in [2.75, 3.05) is 80.8 Å². The average molecular weight is 362 g/mol. The van der Waals surface area contributed by atoms with E-state index >= 15 is 0 Å². The number of methoxy groups -OCH3 is 3. The number of hydrogen-bond acceptors (Lipinski definition) is 6. The zero-order valence-electron chi connectivity index (χ0n) is 16.6. The van der Waals surface area contributed by atoms with Crippen molar-refractivity contribution in [2.24, 2.45) is 0 Å². The van der Waals surface area contributed by atoms with Crippen molar-refractivity contribution in [1.82, 2.24) is 0 Å². The van der Waals surface area contributed by atoms with E-state index in [0.717, 1.165) is 39.1 Å². The molecule has 0 aliphatic carbocycles. The zero-order valence-corrected chi connectivity index (χ0v) is 16.6. The third-order valence-electron chi connectivity index (χ3n) is 4.00. The lowest BCUT2D eigenvalue weighted by atomic mass is 9.41. The van der Waals surface area contributed by atoms with Gasteiger partial charge < -0.3 is 28.4 Å². The van der Waals surface area contributed by atoms with E-state index in [-0.39, 0.29) is 0 Å². The predicted octanol–water partition coefficient (Wildman–Crippen LogP) is 2.64. The van der Waals surface area contributed by atoms with Gasteiger partial charge in [0.25, 0.3) is 0 Å². The van der Waals surface area contributed by atoms with E-state index in [2.05, 4.69) is 0 Å². The number of ether oxygens (including phenoxy) is 6. The third-order valence-corrected chi connectivity index (χ3v) is 4.00. The summed E-state index contributed by atoms with van der Waals surface area (Å²) < 4.78 is 31.6. The largest absolute Gasteiger partial charge is 0.382 e. The SMILES string of the molecule is COCCOCCCB(CCCOCCOC)CCCOCCOC. The van der Waals surface area contributed by atoms with E-state index in [9.17, 15) is 0 Å². The van der Waals surface area contributed by atoms with Crippen LogP contribution in [0.4, 0.5) is 0 Å². The Labute approximate surface area is 154 Å². The molecule has 0 bridgehead atoms. The molecule has 0 spiro atoms. The quantitative estimate of drug-likeness (QED) is 0.231. The van der Waals surface area contributed by atoms with Gasteiger partial charge in [-0.15, -0.1) is 0 Å². The van der Waals surface area contributed by atoms with Gasteiger partial charge >= 0.3 is 0 Å². The minimum Gasteiger partial charge on any atom is -0.382 e. The maximum absolute atomic E-state index is 5.56. The molecule has 0 aromatic heterocycles. The van der Waals surface area contributed by atoms with Gasteiger partial charge in [0.2, 0.25) is 0 Å². The van der Waals surface area contributed by atoms with Crippen LogP contribution in [0.3, 0.4) is 0 Å². The van der Waals surface area contributed by atoms with Crippen LogP contribution in [0.25, 0.3) is 0 Å². The molecule has 6 nitrogen and oxygen atoms in total. The Bertz CT molecular complexity index is 208. The van der Waals surface area contributed by atoms with Crippen molar-refractivity contribution in [3.8, 4) is 0 Å². The molecule has 0 radical (unpaired) electrons. The summed E-state index contributed by atoms with van der Waals surface area (Å²) in [6.45, 7) is 7.20. The highest BCUT2D eigenvalue weighted by atomic mass is 16.5. The van der Waals surface area contributed by atoms with Gasteiger partial charge in [-0.2, -0.15) is 0 Å². The molecule has 0 fully saturated rings. The Kier molecular flexibility index (Phi) is 21.7. The molecular formula is C18H39BO6. The summed E-state index contributed by atoms with van der Waals surface area (Å²) in [5.74, 6) is 0. The highest BCUT2D eigenvalue weighted by molar-refractivity contribution is 6.58. The van der Waals surface area contributed by atoms with Crippen LogP contribution in [-0.4, -0.2) is 87.5 Å². The first kappa shape index (κ1) is 24.8. The van der Waals surface area contributed by atoms with Gasteiger partial charge in [0, 0.05) is 41.2 Å². The highest BCUT2D eigenvalue weighted by Crippen LogP contribution is 2.14. The molecule has 0 atom stereocenters. The highest BCUT2D eigenvalue weighted by Gasteiger charge is 2.13. The van der Waals surface area contributed by atoms with Gasteiger partial charge in [0.15, 0.2) is 0 Å². The lowest BCUT2D eigenvalue weighted by molar-refractivity contribution is 0.0696. The van der Waals surface area contributed by atoms with Gasteiger partial charge in [-0.25, -0.2) is 0 Å². The molecule has 0 rings (SSSR count). The first-order valence-electron chi connectivity index (χ1n) is 9.55. The summed E-state index contributed by atoms with van der Waals surface area (Å²) in [4.78, 5) is 0. The molecule has 0 saturated carbocycles. The van der Waals surface area contributed by atoms with Crippen LogP contribution in [0.5, 0.6) is 0 Å². The lowest BCUT2D eigenvalue weighted by Gasteiger charge is -2.14. The Morgan fingerprint density at radius 1 is 0.440 bits per heavy atom. The second-order valence-corrected chi connectivity index (χ2v) is 6.11. The molecule has 0 amide bonds. The molecule has 0 N–H and O–H groups in total. The Morgan fingerprint density at radius 2 is 0.760 bits per heavy atom. The fraction of sp³-hybridized carbons (Fsp3) is 1.00. The molecule has 150 valence electrons. The van der Waals surface area contributed by atoms with Crippen LogP contribution >= 0.6 is 0 Å². The van der Waals surface area contributed by atoms with Crippen molar-refractivity contribution in [2.45, 2.75) is 38.2 Å². The van der Waals surface area contributed by atoms with E-state index in [1.165, 1.54) is 19.0 Å². The van der Waals surface area contributed by atoms with Crippen molar-refractivity contribution in [3.05, 3.63) is 0 Å². The Hall–Kier alpha value is -0.175. The van der Waals surface area contributed by atoms with E-state index in [1.54, 1.807) is 21.3 Å². The maximum Gasteiger partial charge on any atom is 0.140 e. The minimum atomic E-state index is 0.668. The van der Waals surface area contributed by atoms with E-state index in [0.29, 0.717) is 46.4 Å². The molecule has 0 heterocycles. The summed E-state index contributed by atoms with van der Waals surface area (Å²) in [6.07, 6.45) is 6.89. The molecule has 7 heteroatoms. The van der Waals surface area contributed by atoms with Crippen LogP contribution in [0.2, 0.25) is 19.0 Å². The Balaban J connectivity index is 3.76. The summed E-state index contributed by atoms with van der Waals surface area (Å²) in [6, 6.07) is 0. The standard InChI is InChI=1S/C18H39BO6/c1-20-13-16-23-10-4-7-19(8-5-11-24-17-14-21-2)9-6-12-25-18-15-22-3/h4-18H2,1-3H3. The molecule has 0 aromatic carbocycles. The monoisotopic (exact) mass is 362 g/mol. The van der Waals surface area contributed by atoms with Gasteiger partial charge in [-0.3, -0.25) is 0 Å². The van der Waals surface area contributed by atoms with Crippen LogP contribution in [0, 0.1) is 0 Å². The van der Waals surface area contributed by atoms with Crippen molar-refractivity contribution in [1.29, 1.82) is 0 Å². The second kappa shape index (κ2) is 21.9. The van der Waals surface area contributed by atoms with Crippen molar-refractivity contribution < 1.29 is 28.4 Å². The van der Waals surface area contributed by atoms with Crippen molar-refractivity contribution >= 4 is 6.71 Å². The van der Waals surface area contributed by atoms with Gasteiger partial charge in [0.1, 0.15) is 6.71 Å². The molecule has 0 aliphatic rings. The van der Waals surface area contributed by atoms with Crippen LogP contribution < -0.4 is 0 Å². The van der Waals surface area contributed by atoms with Crippen molar-refractivity contribution in [3.63, 3.8) is 0 Å². The van der Waals surface area contributed by atoms with Gasteiger partial charge in [-0.05, 0) is 19.3 Å². The lowest BCUT2D eigenvalue weighted by Crippen LogP contribution is -2.16. The van der Waals surface area contributed by atoms with Crippen LogP contribution in [-0.2, 0) is 28.4 Å². The molecule has 0 unspecified atom stereocenters. The second-order valence-electron chi connectivity index (χ2n) is 6.11. The molecule has 0 saturated heterocycles. The summed E-state index contributed by atoms with van der Waals surface area (Å²) in [7, 11) is 5.09. The zero-order chi connectivity index (χ0) is 18.4. The molecule has 25 heavy (non-hydrogen) atoms. The van der Waals surface area contributed by atoms with E-state index < -0.39 is 0 Å². The summed E-state index contributed by atoms with van der Waals surface area (Å²) in [5.41, 5.74) is 0. The molecular weight excluding hydrogens is 323 g/mol. The van der Waals surface area contributed by atoms with Crippen LogP contribution in [0.1, 0.15) is 19.3 Å². The van der Waals surface area contributed by atoms with E-state index in [1.807, 2.05) is 0 Å². The normalized spacial score (nSPS) is 11.2. The van der Waals surface area contributed by atoms with Gasteiger partial charge in [-0.1, -0.05) is 19.0 Å². The fourth-order valence-electron chi connectivity index (χ4n) is 2.59. The molecule has 0 aliphatic heterocycles. The molecule has 0 aromatic rings. The third kappa shape index (κ3) is 20.0. The Morgan fingerprint density at radius 3 is 1.04 bits per heavy atom. The average Bonchev–Trinajstić information content (AvgIpc) is 2.63. The summed E-state index contributed by atoms with van der Waals surface area (Å²) in [5, 5.41) is 0. The first-order chi connectivity index (χ1) is 12.3. The fourth-order valence-corrected chi connectivity index (χ4v) is 2.59. The van der Waals surface area contributed by atoms with Gasteiger partial charge in [0.05, 0.1) is 39.6 Å².